The van der Waals surface area contributed by atoms with Gasteiger partial charge in [-0.05, 0) is 49.8 Å². The van der Waals surface area contributed by atoms with Crippen LogP contribution in [-0.2, 0) is 11.3 Å². The van der Waals surface area contributed by atoms with Crippen molar-refractivity contribution in [2.75, 3.05) is 6.54 Å². The third kappa shape index (κ3) is 2.97. The Hall–Kier alpha value is -2.84. The molecule has 6 rings (SSSR count). The lowest BCUT2D eigenvalue weighted by atomic mass is 9.88. The fraction of sp³-hybridized carbons (Fsp3) is 0.565. The Balaban J connectivity index is 1.26. The topological polar surface area (TPSA) is 79.5 Å². The van der Waals surface area contributed by atoms with Crippen LogP contribution in [0.4, 0.5) is 8.78 Å². The summed E-state index contributed by atoms with van der Waals surface area (Å²) < 4.78 is 30.6. The molecule has 2 saturated carbocycles. The van der Waals surface area contributed by atoms with Crippen molar-refractivity contribution in [3.05, 3.63) is 35.2 Å². The minimum absolute atomic E-state index is 0.00112. The van der Waals surface area contributed by atoms with Crippen LogP contribution in [0.15, 0.2) is 22.6 Å². The van der Waals surface area contributed by atoms with E-state index in [4.69, 9.17) is 4.42 Å². The number of hydrogen-bond donors (Lipinski definition) is 0. The smallest absolute Gasteiger partial charge is 0.314 e. The van der Waals surface area contributed by atoms with E-state index in [0.717, 1.165) is 57.1 Å². The molecule has 0 N–H and O–H groups in total. The number of hydrogen-bond acceptors (Lipinski definition) is 5. The van der Waals surface area contributed by atoms with Gasteiger partial charge in [0.25, 0.3) is 11.8 Å². The highest BCUT2D eigenvalue weighted by Crippen LogP contribution is 2.54. The molecule has 1 spiro atoms. The Morgan fingerprint density at radius 1 is 1.03 bits per heavy atom. The van der Waals surface area contributed by atoms with E-state index in [-0.39, 0.29) is 35.2 Å². The number of halogens is 2. The van der Waals surface area contributed by atoms with Crippen LogP contribution in [0.1, 0.15) is 73.2 Å². The van der Waals surface area contributed by atoms with Crippen molar-refractivity contribution in [3.8, 4) is 11.5 Å². The summed E-state index contributed by atoms with van der Waals surface area (Å²) in [6.45, 7) is 1.29. The molecule has 1 saturated heterocycles. The van der Waals surface area contributed by atoms with Crippen molar-refractivity contribution in [3.63, 3.8) is 0 Å². The van der Waals surface area contributed by atoms with Crippen molar-refractivity contribution >= 4 is 11.8 Å². The molecule has 32 heavy (non-hydrogen) atoms. The second-order valence-electron chi connectivity index (χ2n) is 9.50. The normalized spacial score (nSPS) is 26.5. The van der Waals surface area contributed by atoms with Gasteiger partial charge >= 0.3 is 6.43 Å². The van der Waals surface area contributed by atoms with E-state index in [1.807, 2.05) is 11.0 Å². The maximum atomic E-state index is 13.4. The molecule has 2 aliphatic heterocycles. The summed E-state index contributed by atoms with van der Waals surface area (Å²) in [5.74, 6) is -0.559. The average molecular weight is 442 g/mol. The first-order valence-electron chi connectivity index (χ1n) is 11.3. The number of fused-ring (bicyclic) bond motifs is 1. The first-order valence-corrected chi connectivity index (χ1v) is 11.3. The molecule has 7 nitrogen and oxygen atoms in total. The number of benzene rings is 1. The summed E-state index contributed by atoms with van der Waals surface area (Å²) in [6.07, 6.45) is 4.02. The van der Waals surface area contributed by atoms with Crippen LogP contribution in [0.2, 0.25) is 0 Å². The molecule has 3 heterocycles. The number of alkyl halides is 2. The first-order chi connectivity index (χ1) is 15.5. The molecule has 1 aromatic carbocycles. The molecule has 1 aromatic heterocycles. The van der Waals surface area contributed by atoms with Gasteiger partial charge < -0.3 is 14.2 Å². The van der Waals surface area contributed by atoms with E-state index >= 15 is 0 Å². The highest BCUT2D eigenvalue weighted by Gasteiger charge is 2.57. The van der Waals surface area contributed by atoms with Crippen molar-refractivity contribution in [1.82, 2.24) is 20.0 Å². The zero-order chi connectivity index (χ0) is 22.0. The SMILES string of the molecule is O=C1c2cc(-c3nnc(C(F)F)o3)ccc2CN1[C@@H]1CCCC[C@H]1N1CCC2(CC2)C1=O. The van der Waals surface area contributed by atoms with Crippen LogP contribution in [-0.4, -0.2) is 50.4 Å². The molecule has 0 bridgehead atoms. The quantitative estimate of drug-likeness (QED) is 0.716. The Kier molecular flexibility index (Phi) is 4.39. The lowest BCUT2D eigenvalue weighted by Gasteiger charge is -2.42. The lowest BCUT2D eigenvalue weighted by molar-refractivity contribution is -0.135. The minimum Gasteiger partial charge on any atom is -0.415 e. The van der Waals surface area contributed by atoms with Gasteiger partial charge in [-0.15, -0.1) is 10.2 Å². The highest BCUT2D eigenvalue weighted by molar-refractivity contribution is 5.99. The molecular formula is C23H24F2N4O3. The van der Waals surface area contributed by atoms with Gasteiger partial charge in [0.15, 0.2) is 0 Å². The summed E-state index contributed by atoms with van der Waals surface area (Å²) in [5.41, 5.74) is 1.78. The maximum Gasteiger partial charge on any atom is 0.314 e. The van der Waals surface area contributed by atoms with Gasteiger partial charge in [0.05, 0.1) is 17.5 Å². The second-order valence-corrected chi connectivity index (χ2v) is 9.50. The number of rotatable bonds is 4. The standard InChI is InChI=1S/C23H24F2N4O3/c24-18(25)20-27-26-19(32-20)13-5-6-14-12-29(21(30)15(14)11-13)17-4-2-1-3-16(17)28-10-9-23(7-8-23)22(28)31/h5-6,11,16-18H,1-4,7-10,12H2/t16-,17-/m1/s1. The molecular weight excluding hydrogens is 418 g/mol. The zero-order valence-electron chi connectivity index (χ0n) is 17.6. The number of aromatic nitrogens is 2. The fourth-order valence-corrected chi connectivity index (χ4v) is 5.76. The molecule has 3 fully saturated rings. The van der Waals surface area contributed by atoms with E-state index in [9.17, 15) is 18.4 Å². The van der Waals surface area contributed by atoms with E-state index in [1.165, 1.54) is 0 Å². The Morgan fingerprint density at radius 2 is 1.78 bits per heavy atom. The molecule has 2 aliphatic carbocycles. The summed E-state index contributed by atoms with van der Waals surface area (Å²) >= 11 is 0. The molecule has 2 aromatic rings. The van der Waals surface area contributed by atoms with Gasteiger partial charge in [-0.3, -0.25) is 9.59 Å². The van der Waals surface area contributed by atoms with Gasteiger partial charge in [-0.2, -0.15) is 8.78 Å². The Morgan fingerprint density at radius 3 is 2.44 bits per heavy atom. The van der Waals surface area contributed by atoms with Gasteiger partial charge in [0, 0.05) is 24.2 Å². The zero-order valence-corrected chi connectivity index (χ0v) is 17.6. The van der Waals surface area contributed by atoms with E-state index in [1.54, 1.807) is 12.1 Å². The number of likely N-dealkylation sites (tertiary alicyclic amines) is 1. The molecule has 9 heteroatoms. The number of nitrogens with zero attached hydrogens (tertiary/aromatic N) is 4. The predicted octanol–water partition coefficient (Wildman–Crippen LogP) is 3.95. The van der Waals surface area contributed by atoms with Gasteiger partial charge in [-0.25, -0.2) is 0 Å². The number of carbonyl (C=O) groups excluding carboxylic acids is 2. The van der Waals surface area contributed by atoms with Crippen LogP contribution in [0, 0.1) is 5.41 Å². The summed E-state index contributed by atoms with van der Waals surface area (Å²) in [7, 11) is 0. The Bertz CT molecular complexity index is 1100. The van der Waals surface area contributed by atoms with Crippen LogP contribution in [0.25, 0.3) is 11.5 Å². The van der Waals surface area contributed by atoms with Gasteiger partial charge in [0.1, 0.15) is 0 Å². The largest absolute Gasteiger partial charge is 0.415 e. The number of amides is 2. The highest BCUT2D eigenvalue weighted by atomic mass is 19.3. The summed E-state index contributed by atoms with van der Waals surface area (Å²) in [4.78, 5) is 30.4. The van der Waals surface area contributed by atoms with E-state index in [0.29, 0.717) is 17.7 Å². The predicted molar refractivity (Wildman–Crippen MR) is 109 cm³/mol. The lowest BCUT2D eigenvalue weighted by Crippen LogP contribution is -2.54. The molecule has 168 valence electrons. The Labute approximate surface area is 183 Å². The first kappa shape index (κ1) is 19.8. The molecule has 2 amide bonds. The van der Waals surface area contributed by atoms with Crippen LogP contribution in [0.3, 0.4) is 0 Å². The molecule has 4 aliphatic rings. The summed E-state index contributed by atoms with van der Waals surface area (Å²) in [6, 6.07) is 5.26. The van der Waals surface area contributed by atoms with E-state index in [2.05, 4.69) is 15.1 Å². The summed E-state index contributed by atoms with van der Waals surface area (Å²) in [5, 5.41) is 7.07. The van der Waals surface area contributed by atoms with Gasteiger partial charge in [-0.1, -0.05) is 18.9 Å². The van der Waals surface area contributed by atoms with Crippen molar-refractivity contribution in [1.29, 1.82) is 0 Å². The van der Waals surface area contributed by atoms with E-state index < -0.39 is 12.3 Å². The van der Waals surface area contributed by atoms with Crippen molar-refractivity contribution in [2.24, 2.45) is 5.41 Å². The van der Waals surface area contributed by atoms with Crippen molar-refractivity contribution in [2.45, 2.75) is 70.0 Å². The minimum atomic E-state index is -2.84. The maximum absolute atomic E-state index is 13.4. The third-order valence-electron chi connectivity index (χ3n) is 7.71. The van der Waals surface area contributed by atoms with Crippen LogP contribution in [0.5, 0.6) is 0 Å². The second kappa shape index (κ2) is 7.08. The molecule has 2 atom stereocenters. The molecule has 0 unspecified atom stereocenters. The average Bonchev–Trinajstić information content (AvgIpc) is 3.13. The van der Waals surface area contributed by atoms with Crippen molar-refractivity contribution < 1.29 is 22.8 Å². The van der Waals surface area contributed by atoms with Crippen LogP contribution >= 0.6 is 0 Å². The van der Waals surface area contributed by atoms with Crippen LogP contribution < -0.4 is 0 Å². The number of carbonyl (C=O) groups is 2. The molecule has 0 radical (unpaired) electrons. The fourth-order valence-electron chi connectivity index (χ4n) is 5.76. The van der Waals surface area contributed by atoms with Gasteiger partial charge in [0.2, 0.25) is 11.8 Å². The third-order valence-corrected chi connectivity index (χ3v) is 7.71. The monoisotopic (exact) mass is 442 g/mol.